The van der Waals surface area contributed by atoms with Crippen LogP contribution in [0.5, 0.6) is 17.2 Å². The number of carbonyl (C=O) groups is 1. The summed E-state index contributed by atoms with van der Waals surface area (Å²) in [5, 5.41) is 2.67. The Balaban J connectivity index is 0.00000484. The Morgan fingerprint density at radius 2 is 1.78 bits per heavy atom. The van der Waals surface area contributed by atoms with Gasteiger partial charge in [-0.05, 0) is 25.5 Å². The van der Waals surface area contributed by atoms with Gasteiger partial charge in [-0.15, -0.1) is 12.4 Å². The van der Waals surface area contributed by atoms with E-state index in [-0.39, 0.29) is 47.2 Å². The molecule has 0 radical (unpaired) electrons. The van der Waals surface area contributed by atoms with Crippen molar-refractivity contribution in [3.8, 4) is 17.2 Å². The van der Waals surface area contributed by atoms with Crippen LogP contribution in [0.25, 0.3) is 0 Å². The number of alkyl halides is 2. The van der Waals surface area contributed by atoms with Crippen LogP contribution in [0.15, 0.2) is 12.1 Å². The van der Waals surface area contributed by atoms with Crippen molar-refractivity contribution in [1.82, 2.24) is 5.32 Å². The Hall–Kier alpha value is -1.80. The molecule has 0 saturated heterocycles. The van der Waals surface area contributed by atoms with Crippen molar-refractivity contribution in [3.05, 3.63) is 17.7 Å². The first-order chi connectivity index (χ1) is 10.4. The molecule has 3 N–H and O–H groups in total. The lowest BCUT2D eigenvalue weighted by Gasteiger charge is -2.15. The van der Waals surface area contributed by atoms with Crippen LogP contribution in [0, 0.1) is 0 Å². The summed E-state index contributed by atoms with van der Waals surface area (Å²) in [7, 11) is 2.57. The number of rotatable bonds is 8. The number of benzene rings is 1. The van der Waals surface area contributed by atoms with Crippen molar-refractivity contribution in [2.45, 2.75) is 26.0 Å². The first-order valence-corrected chi connectivity index (χ1v) is 6.63. The summed E-state index contributed by atoms with van der Waals surface area (Å²) in [5.74, 6) is -0.679. The molecule has 0 spiro atoms. The van der Waals surface area contributed by atoms with Crippen LogP contribution in [0.2, 0.25) is 0 Å². The molecule has 0 saturated carbocycles. The average molecular weight is 355 g/mol. The lowest BCUT2D eigenvalue weighted by molar-refractivity contribution is -0.0526. The number of ether oxygens (including phenoxy) is 3. The molecular weight excluding hydrogens is 334 g/mol. The molecule has 23 heavy (non-hydrogen) atoms. The van der Waals surface area contributed by atoms with E-state index in [2.05, 4.69) is 10.1 Å². The summed E-state index contributed by atoms with van der Waals surface area (Å²) < 4.78 is 39.2. The molecule has 1 unspecified atom stereocenters. The van der Waals surface area contributed by atoms with Gasteiger partial charge >= 0.3 is 6.61 Å². The molecular formula is C14H21ClF2N2O4. The maximum Gasteiger partial charge on any atom is 0.387 e. The molecule has 9 heteroatoms. The Kier molecular flexibility index (Phi) is 9.28. The predicted octanol–water partition coefficient (Wildman–Crippen LogP) is 2.19. The number of nitrogens with one attached hydrogen (secondary N) is 1. The molecule has 0 bridgehead atoms. The number of amides is 1. The zero-order valence-electron chi connectivity index (χ0n) is 13.1. The van der Waals surface area contributed by atoms with Crippen LogP contribution in [0.4, 0.5) is 8.78 Å². The molecule has 0 aliphatic heterocycles. The van der Waals surface area contributed by atoms with E-state index in [0.29, 0.717) is 13.0 Å². The maximum absolute atomic E-state index is 12.4. The van der Waals surface area contributed by atoms with Gasteiger partial charge in [0.25, 0.3) is 5.91 Å². The predicted molar refractivity (Wildman–Crippen MR) is 84.0 cm³/mol. The van der Waals surface area contributed by atoms with Gasteiger partial charge in [-0.3, -0.25) is 4.79 Å². The second-order valence-corrected chi connectivity index (χ2v) is 4.61. The number of carbonyl (C=O) groups excluding carboxylic acids is 1. The third-order valence-electron chi connectivity index (χ3n) is 2.81. The Bertz CT molecular complexity index is 491. The van der Waals surface area contributed by atoms with Crippen molar-refractivity contribution in [1.29, 1.82) is 0 Å². The van der Waals surface area contributed by atoms with E-state index < -0.39 is 6.61 Å². The van der Waals surface area contributed by atoms with Crippen LogP contribution in [0.3, 0.4) is 0 Å². The standard InChI is InChI=1S/C14H20F2N2O4.ClH/c1-8(17)4-5-18-13(19)9-6-10(20-2)12(22-14(15)16)11(7-9)21-3;/h6-8,14H,4-5,17H2,1-3H3,(H,18,19);1H. The van der Waals surface area contributed by atoms with Gasteiger partial charge in [-0.2, -0.15) is 8.78 Å². The SMILES string of the molecule is COc1cc(C(=O)NCCC(C)N)cc(OC)c1OC(F)F.Cl. The largest absolute Gasteiger partial charge is 0.493 e. The third kappa shape index (κ3) is 6.45. The van der Waals surface area contributed by atoms with Crippen molar-refractivity contribution in [2.75, 3.05) is 20.8 Å². The minimum atomic E-state index is -3.03. The summed E-state index contributed by atoms with van der Waals surface area (Å²) in [6.45, 7) is -0.806. The van der Waals surface area contributed by atoms with E-state index in [1.54, 1.807) is 0 Å². The second kappa shape index (κ2) is 10.1. The van der Waals surface area contributed by atoms with Crippen molar-refractivity contribution >= 4 is 18.3 Å². The minimum Gasteiger partial charge on any atom is -0.493 e. The normalized spacial score (nSPS) is 11.4. The number of methoxy groups -OCH3 is 2. The number of nitrogens with two attached hydrogens (primary N) is 1. The van der Waals surface area contributed by atoms with Crippen LogP contribution >= 0.6 is 12.4 Å². The lowest BCUT2D eigenvalue weighted by atomic mass is 10.1. The molecule has 0 aromatic heterocycles. The van der Waals surface area contributed by atoms with E-state index >= 15 is 0 Å². The molecule has 1 aromatic rings. The highest BCUT2D eigenvalue weighted by Gasteiger charge is 2.20. The van der Waals surface area contributed by atoms with E-state index in [1.165, 1.54) is 26.4 Å². The van der Waals surface area contributed by atoms with Gasteiger partial charge in [0.2, 0.25) is 5.75 Å². The summed E-state index contributed by atoms with van der Waals surface area (Å²) in [4.78, 5) is 12.0. The molecule has 1 rings (SSSR count). The van der Waals surface area contributed by atoms with Crippen molar-refractivity contribution in [3.63, 3.8) is 0 Å². The molecule has 0 fully saturated rings. The smallest absolute Gasteiger partial charge is 0.387 e. The zero-order valence-corrected chi connectivity index (χ0v) is 13.9. The van der Waals surface area contributed by atoms with E-state index in [4.69, 9.17) is 15.2 Å². The quantitative estimate of drug-likeness (QED) is 0.747. The monoisotopic (exact) mass is 354 g/mol. The third-order valence-corrected chi connectivity index (χ3v) is 2.81. The molecule has 0 aliphatic carbocycles. The maximum atomic E-state index is 12.4. The molecule has 1 aromatic carbocycles. The van der Waals surface area contributed by atoms with Crippen molar-refractivity contribution < 1.29 is 27.8 Å². The first-order valence-electron chi connectivity index (χ1n) is 6.63. The average Bonchev–Trinajstić information content (AvgIpc) is 2.46. The lowest BCUT2D eigenvalue weighted by Crippen LogP contribution is -2.29. The van der Waals surface area contributed by atoms with Crippen LogP contribution < -0.4 is 25.3 Å². The van der Waals surface area contributed by atoms with Gasteiger partial charge < -0.3 is 25.3 Å². The van der Waals surface area contributed by atoms with Crippen LogP contribution in [0.1, 0.15) is 23.7 Å². The van der Waals surface area contributed by atoms with Crippen LogP contribution in [-0.4, -0.2) is 39.3 Å². The number of hydrogen-bond acceptors (Lipinski definition) is 5. The Morgan fingerprint density at radius 1 is 1.26 bits per heavy atom. The van der Waals surface area contributed by atoms with Gasteiger partial charge in [-0.25, -0.2) is 0 Å². The fourth-order valence-corrected chi connectivity index (χ4v) is 1.73. The number of halogens is 3. The van der Waals surface area contributed by atoms with Gasteiger partial charge in [0.1, 0.15) is 0 Å². The first kappa shape index (κ1) is 21.2. The summed E-state index contributed by atoms with van der Waals surface area (Å²) >= 11 is 0. The zero-order chi connectivity index (χ0) is 16.7. The second-order valence-electron chi connectivity index (χ2n) is 4.61. The highest BCUT2D eigenvalue weighted by Crippen LogP contribution is 2.39. The molecule has 1 atom stereocenters. The Morgan fingerprint density at radius 3 is 2.17 bits per heavy atom. The molecule has 0 aliphatic rings. The fourth-order valence-electron chi connectivity index (χ4n) is 1.73. The summed E-state index contributed by atoms with van der Waals surface area (Å²) in [6, 6.07) is 2.58. The molecule has 132 valence electrons. The van der Waals surface area contributed by atoms with Gasteiger partial charge in [-0.1, -0.05) is 0 Å². The van der Waals surface area contributed by atoms with Crippen molar-refractivity contribution in [2.24, 2.45) is 5.73 Å². The van der Waals surface area contributed by atoms with Crippen LogP contribution in [-0.2, 0) is 0 Å². The van der Waals surface area contributed by atoms with Gasteiger partial charge in [0.15, 0.2) is 11.5 Å². The van der Waals surface area contributed by atoms with Gasteiger partial charge in [0.05, 0.1) is 14.2 Å². The molecule has 6 nitrogen and oxygen atoms in total. The van der Waals surface area contributed by atoms with E-state index in [0.717, 1.165) is 0 Å². The summed E-state index contributed by atoms with van der Waals surface area (Å²) in [5.41, 5.74) is 5.80. The van der Waals surface area contributed by atoms with E-state index in [1.807, 2.05) is 6.92 Å². The summed E-state index contributed by atoms with van der Waals surface area (Å²) in [6.07, 6.45) is 0.618. The number of hydrogen-bond donors (Lipinski definition) is 2. The van der Waals surface area contributed by atoms with Gasteiger partial charge in [0, 0.05) is 18.2 Å². The minimum absolute atomic E-state index is 0. The molecule has 1 amide bonds. The highest BCUT2D eigenvalue weighted by molar-refractivity contribution is 5.95. The fraction of sp³-hybridized carbons (Fsp3) is 0.500. The Labute approximate surface area is 139 Å². The van der Waals surface area contributed by atoms with E-state index in [9.17, 15) is 13.6 Å². The topological polar surface area (TPSA) is 82.8 Å². The highest BCUT2D eigenvalue weighted by atomic mass is 35.5. The molecule has 0 heterocycles.